The SMILES string of the molecule is Nc1ccccc1OP(Cl)Cl. The molecule has 0 aliphatic rings. The van der Waals surface area contributed by atoms with E-state index >= 15 is 0 Å². The number of para-hydroxylation sites is 2. The molecule has 0 heterocycles. The minimum absolute atomic E-state index is 0.531. The van der Waals surface area contributed by atoms with Gasteiger partial charge in [0, 0.05) is 0 Å². The molecule has 2 N–H and O–H groups in total. The van der Waals surface area contributed by atoms with Crippen LogP contribution in [-0.4, -0.2) is 0 Å². The first kappa shape index (κ1) is 8.92. The van der Waals surface area contributed by atoms with Gasteiger partial charge in [0.15, 0.2) is 0 Å². The van der Waals surface area contributed by atoms with Crippen molar-refractivity contribution in [3.05, 3.63) is 24.3 Å². The predicted octanol–water partition coefficient (Wildman–Crippen LogP) is 3.35. The van der Waals surface area contributed by atoms with Crippen molar-refractivity contribution in [3.63, 3.8) is 0 Å². The fourth-order valence-corrected chi connectivity index (χ4v) is 1.40. The van der Waals surface area contributed by atoms with Crippen molar-refractivity contribution in [2.75, 3.05) is 5.73 Å². The highest BCUT2D eigenvalue weighted by molar-refractivity contribution is 8.00. The van der Waals surface area contributed by atoms with Crippen LogP contribution in [0.2, 0.25) is 0 Å². The number of nitrogens with two attached hydrogens (primary N) is 1. The molecular weight excluding hydrogens is 204 g/mol. The van der Waals surface area contributed by atoms with Crippen molar-refractivity contribution < 1.29 is 4.52 Å². The van der Waals surface area contributed by atoms with Gasteiger partial charge in [-0.15, -0.1) is 0 Å². The average Bonchev–Trinajstić information content (AvgIpc) is 1.93. The summed E-state index contributed by atoms with van der Waals surface area (Å²) in [5.41, 5.74) is 6.08. The Morgan fingerprint density at radius 1 is 1.27 bits per heavy atom. The van der Waals surface area contributed by atoms with E-state index in [2.05, 4.69) is 0 Å². The third-order valence-electron chi connectivity index (χ3n) is 1.09. The molecule has 0 aromatic heterocycles. The number of benzene rings is 1. The van der Waals surface area contributed by atoms with Crippen molar-refractivity contribution in [2.45, 2.75) is 0 Å². The number of hydrogen-bond donors (Lipinski definition) is 1. The average molecular weight is 210 g/mol. The number of nitrogen functional groups attached to an aromatic ring is 1. The lowest BCUT2D eigenvalue weighted by Crippen LogP contribution is -1.88. The minimum atomic E-state index is -1.43. The monoisotopic (exact) mass is 209 g/mol. The molecule has 1 aromatic rings. The third-order valence-corrected chi connectivity index (χ3v) is 1.84. The molecule has 11 heavy (non-hydrogen) atoms. The maximum absolute atomic E-state index is 5.54. The number of hydrogen-bond acceptors (Lipinski definition) is 2. The smallest absolute Gasteiger partial charge is 0.284 e. The molecule has 0 radical (unpaired) electrons. The lowest BCUT2D eigenvalue weighted by atomic mass is 10.3. The summed E-state index contributed by atoms with van der Waals surface area (Å²) in [6.45, 7) is -1.43. The van der Waals surface area contributed by atoms with E-state index in [0.717, 1.165) is 0 Å². The van der Waals surface area contributed by atoms with Crippen LogP contribution in [0.4, 0.5) is 5.69 Å². The van der Waals surface area contributed by atoms with Crippen LogP contribution in [0.3, 0.4) is 0 Å². The normalized spacial score (nSPS) is 10.1. The zero-order valence-corrected chi connectivity index (χ0v) is 7.90. The van der Waals surface area contributed by atoms with Crippen LogP contribution < -0.4 is 10.3 Å². The summed E-state index contributed by atoms with van der Waals surface area (Å²) < 4.78 is 5.02. The molecule has 0 saturated carbocycles. The Morgan fingerprint density at radius 2 is 1.91 bits per heavy atom. The fourth-order valence-electron chi connectivity index (χ4n) is 0.638. The van der Waals surface area contributed by atoms with Crippen LogP contribution >= 0.6 is 29.3 Å². The van der Waals surface area contributed by atoms with Crippen LogP contribution in [0.25, 0.3) is 0 Å². The molecule has 60 valence electrons. The summed E-state index contributed by atoms with van der Waals surface area (Å²) in [5, 5.41) is 0. The van der Waals surface area contributed by atoms with Gasteiger partial charge in [-0.25, -0.2) is 0 Å². The molecule has 0 aliphatic carbocycles. The van der Waals surface area contributed by atoms with E-state index in [0.29, 0.717) is 11.4 Å². The van der Waals surface area contributed by atoms with Gasteiger partial charge in [-0.05, 0) is 34.6 Å². The van der Waals surface area contributed by atoms with Gasteiger partial charge in [0.1, 0.15) is 5.75 Å². The topological polar surface area (TPSA) is 35.2 Å². The van der Waals surface area contributed by atoms with Crippen LogP contribution in [0.1, 0.15) is 0 Å². The molecule has 0 aliphatic heterocycles. The molecule has 1 aromatic carbocycles. The molecule has 0 bridgehead atoms. The van der Waals surface area contributed by atoms with Crippen LogP contribution in [-0.2, 0) is 0 Å². The molecule has 0 saturated heterocycles. The van der Waals surface area contributed by atoms with Crippen LogP contribution in [0.5, 0.6) is 5.75 Å². The van der Waals surface area contributed by atoms with Crippen LogP contribution in [0.15, 0.2) is 24.3 Å². The van der Waals surface area contributed by atoms with Gasteiger partial charge in [-0.1, -0.05) is 12.1 Å². The molecule has 0 atom stereocenters. The molecule has 0 fully saturated rings. The van der Waals surface area contributed by atoms with Crippen molar-refractivity contribution in [2.24, 2.45) is 0 Å². The summed E-state index contributed by atoms with van der Waals surface area (Å²) in [6.07, 6.45) is 0. The Balaban J connectivity index is 2.78. The molecule has 0 amide bonds. The zero-order chi connectivity index (χ0) is 8.27. The van der Waals surface area contributed by atoms with E-state index in [9.17, 15) is 0 Å². The first-order chi connectivity index (χ1) is 5.20. The molecule has 1 rings (SSSR count). The summed E-state index contributed by atoms with van der Waals surface area (Å²) in [7, 11) is 0. The minimum Gasteiger partial charge on any atom is -0.443 e. The number of anilines is 1. The molecule has 0 unspecified atom stereocenters. The van der Waals surface area contributed by atoms with Crippen molar-refractivity contribution in [1.29, 1.82) is 0 Å². The maximum Gasteiger partial charge on any atom is 0.284 e. The third kappa shape index (κ3) is 2.74. The summed E-state index contributed by atoms with van der Waals surface area (Å²) in [6, 6.07) is 7.06. The molecule has 2 nitrogen and oxygen atoms in total. The van der Waals surface area contributed by atoms with Crippen molar-refractivity contribution in [1.82, 2.24) is 0 Å². The van der Waals surface area contributed by atoms with E-state index in [1.807, 2.05) is 6.07 Å². The Labute approximate surface area is 75.7 Å². The van der Waals surface area contributed by atoms with Gasteiger partial charge < -0.3 is 10.3 Å². The van der Waals surface area contributed by atoms with Gasteiger partial charge in [-0.2, -0.15) is 0 Å². The standard InChI is InChI=1S/C6H6Cl2NOP/c7-11(8)10-6-4-2-1-3-5(6)9/h1-4H,9H2. The highest BCUT2D eigenvalue weighted by atomic mass is 35.9. The Hall–Kier alpha value is -0.170. The first-order valence-corrected chi connectivity index (χ1v) is 5.91. The second-order valence-corrected chi connectivity index (χ2v) is 4.78. The Kier molecular flexibility index (Phi) is 3.25. The first-order valence-electron chi connectivity index (χ1n) is 2.84. The number of halogens is 2. The lowest BCUT2D eigenvalue weighted by molar-refractivity contribution is 0.641. The van der Waals surface area contributed by atoms with Crippen molar-refractivity contribution >= 4 is 35.0 Å². The van der Waals surface area contributed by atoms with Crippen molar-refractivity contribution in [3.8, 4) is 5.75 Å². The second-order valence-electron chi connectivity index (χ2n) is 1.83. The summed E-state index contributed by atoms with van der Waals surface area (Å²) in [4.78, 5) is 0. The zero-order valence-electron chi connectivity index (χ0n) is 5.50. The van der Waals surface area contributed by atoms with Gasteiger partial charge in [0.25, 0.3) is 6.85 Å². The van der Waals surface area contributed by atoms with Gasteiger partial charge in [-0.3, -0.25) is 0 Å². The predicted molar refractivity (Wildman–Crippen MR) is 50.1 cm³/mol. The molecule has 5 heteroatoms. The van der Waals surface area contributed by atoms with E-state index in [4.69, 9.17) is 32.7 Å². The highest BCUT2D eigenvalue weighted by Gasteiger charge is 2.04. The number of rotatable bonds is 2. The van der Waals surface area contributed by atoms with Gasteiger partial charge >= 0.3 is 0 Å². The summed E-state index contributed by atoms with van der Waals surface area (Å²) in [5.74, 6) is 0.531. The molecular formula is C6H6Cl2NOP. The Bertz CT molecular complexity index is 244. The van der Waals surface area contributed by atoms with Gasteiger partial charge in [0.2, 0.25) is 0 Å². The van der Waals surface area contributed by atoms with E-state index < -0.39 is 6.85 Å². The molecule has 0 spiro atoms. The van der Waals surface area contributed by atoms with E-state index in [1.165, 1.54) is 0 Å². The van der Waals surface area contributed by atoms with E-state index in [1.54, 1.807) is 18.2 Å². The second kappa shape index (κ2) is 4.01. The largest absolute Gasteiger partial charge is 0.443 e. The van der Waals surface area contributed by atoms with E-state index in [-0.39, 0.29) is 0 Å². The Morgan fingerprint density at radius 3 is 2.45 bits per heavy atom. The highest BCUT2D eigenvalue weighted by Crippen LogP contribution is 2.48. The fraction of sp³-hybridized carbons (Fsp3) is 0. The lowest BCUT2D eigenvalue weighted by Gasteiger charge is -2.06. The van der Waals surface area contributed by atoms with Gasteiger partial charge in [0.05, 0.1) is 5.69 Å². The summed E-state index contributed by atoms with van der Waals surface area (Å²) >= 11 is 10.9. The van der Waals surface area contributed by atoms with Crippen LogP contribution in [0, 0.1) is 0 Å². The maximum atomic E-state index is 5.54. The quantitative estimate of drug-likeness (QED) is 0.599.